The van der Waals surface area contributed by atoms with Crippen molar-refractivity contribution >= 4 is 11.8 Å². The standard InChI is InChI=1S/C5H10OS/c1-5(6)3-2-4-7-5/h6H,2-4H2,1H3. The van der Waals surface area contributed by atoms with E-state index in [1.165, 1.54) is 6.42 Å². The van der Waals surface area contributed by atoms with Crippen molar-refractivity contribution in [3.63, 3.8) is 0 Å². The van der Waals surface area contributed by atoms with E-state index in [4.69, 9.17) is 5.11 Å². The van der Waals surface area contributed by atoms with Gasteiger partial charge in [-0.25, -0.2) is 0 Å². The van der Waals surface area contributed by atoms with Crippen molar-refractivity contribution in [2.75, 3.05) is 5.75 Å². The van der Waals surface area contributed by atoms with Gasteiger partial charge in [0.2, 0.25) is 0 Å². The molecule has 0 radical (unpaired) electrons. The van der Waals surface area contributed by atoms with Gasteiger partial charge in [0.05, 0.1) is 0 Å². The summed E-state index contributed by atoms with van der Waals surface area (Å²) in [4.78, 5) is -0.389. The molecule has 7 heavy (non-hydrogen) atoms. The molecule has 0 aliphatic carbocycles. The van der Waals surface area contributed by atoms with Crippen LogP contribution in [0.4, 0.5) is 0 Å². The number of aliphatic hydroxyl groups is 1. The number of rotatable bonds is 0. The zero-order valence-corrected chi connectivity index (χ0v) is 5.29. The van der Waals surface area contributed by atoms with Gasteiger partial charge in [-0.3, -0.25) is 0 Å². The minimum absolute atomic E-state index is 0.389. The van der Waals surface area contributed by atoms with Crippen LogP contribution in [0.3, 0.4) is 0 Å². The van der Waals surface area contributed by atoms with Crippen molar-refractivity contribution in [1.29, 1.82) is 0 Å². The third-order valence-corrected chi connectivity index (χ3v) is 2.52. The lowest BCUT2D eigenvalue weighted by Gasteiger charge is -2.11. The molecular formula is C5H10OS. The Morgan fingerprint density at radius 2 is 2.43 bits per heavy atom. The van der Waals surface area contributed by atoms with Gasteiger partial charge in [0, 0.05) is 0 Å². The Labute approximate surface area is 48.1 Å². The van der Waals surface area contributed by atoms with Crippen LogP contribution in [0.1, 0.15) is 19.8 Å². The van der Waals surface area contributed by atoms with Crippen molar-refractivity contribution in [1.82, 2.24) is 0 Å². The molecule has 0 aromatic carbocycles. The van der Waals surface area contributed by atoms with E-state index in [-0.39, 0.29) is 4.93 Å². The molecule has 1 aliphatic rings. The van der Waals surface area contributed by atoms with Crippen LogP contribution in [0.15, 0.2) is 0 Å². The quantitative estimate of drug-likeness (QED) is 0.516. The Bertz CT molecular complexity index is 62.5. The molecular weight excluding hydrogens is 108 g/mol. The molecule has 0 saturated carbocycles. The van der Waals surface area contributed by atoms with Crippen LogP contribution in [-0.2, 0) is 0 Å². The van der Waals surface area contributed by atoms with Crippen LogP contribution in [0.5, 0.6) is 0 Å². The topological polar surface area (TPSA) is 20.2 Å². The fourth-order valence-electron chi connectivity index (χ4n) is 0.764. The molecule has 1 rings (SSSR count). The van der Waals surface area contributed by atoms with E-state index in [1.54, 1.807) is 11.8 Å². The average molecular weight is 118 g/mol. The van der Waals surface area contributed by atoms with E-state index < -0.39 is 0 Å². The first-order valence-electron chi connectivity index (χ1n) is 2.57. The van der Waals surface area contributed by atoms with Crippen molar-refractivity contribution in [2.24, 2.45) is 0 Å². The zero-order valence-electron chi connectivity index (χ0n) is 4.48. The van der Waals surface area contributed by atoms with Gasteiger partial charge >= 0.3 is 0 Å². The van der Waals surface area contributed by atoms with Crippen LogP contribution in [0.2, 0.25) is 0 Å². The molecule has 0 aromatic heterocycles. The molecule has 1 unspecified atom stereocenters. The van der Waals surface area contributed by atoms with Gasteiger partial charge < -0.3 is 5.11 Å². The van der Waals surface area contributed by atoms with Gasteiger partial charge in [-0.2, -0.15) is 0 Å². The summed E-state index contributed by atoms with van der Waals surface area (Å²) < 4.78 is 0. The summed E-state index contributed by atoms with van der Waals surface area (Å²) in [5.74, 6) is 1.13. The Hall–Kier alpha value is 0.310. The van der Waals surface area contributed by atoms with Gasteiger partial charge in [0.1, 0.15) is 4.93 Å². The fourth-order valence-corrected chi connectivity index (χ4v) is 1.78. The molecule has 2 heteroatoms. The molecule has 42 valence electrons. The summed E-state index contributed by atoms with van der Waals surface area (Å²) >= 11 is 1.66. The first-order chi connectivity index (χ1) is 3.21. The van der Waals surface area contributed by atoms with E-state index >= 15 is 0 Å². The van der Waals surface area contributed by atoms with Crippen LogP contribution in [0, 0.1) is 0 Å². The number of hydrogen-bond donors (Lipinski definition) is 1. The van der Waals surface area contributed by atoms with Gasteiger partial charge in [-0.15, -0.1) is 11.8 Å². The maximum atomic E-state index is 9.16. The molecule has 1 atom stereocenters. The lowest BCUT2D eigenvalue weighted by atomic mass is 10.2. The summed E-state index contributed by atoms with van der Waals surface area (Å²) in [5, 5.41) is 9.16. The highest BCUT2D eigenvalue weighted by Crippen LogP contribution is 2.34. The lowest BCUT2D eigenvalue weighted by molar-refractivity contribution is 0.155. The summed E-state index contributed by atoms with van der Waals surface area (Å²) in [6.07, 6.45) is 2.15. The van der Waals surface area contributed by atoms with Crippen LogP contribution < -0.4 is 0 Å². The molecule has 1 saturated heterocycles. The van der Waals surface area contributed by atoms with Crippen LogP contribution in [-0.4, -0.2) is 15.8 Å². The zero-order chi connectivity index (χ0) is 5.33. The highest BCUT2D eigenvalue weighted by molar-refractivity contribution is 8.00. The highest BCUT2D eigenvalue weighted by Gasteiger charge is 2.25. The van der Waals surface area contributed by atoms with Gasteiger partial charge in [-0.05, 0) is 25.5 Å². The maximum Gasteiger partial charge on any atom is 0.107 e. The van der Waals surface area contributed by atoms with Crippen molar-refractivity contribution in [3.05, 3.63) is 0 Å². The normalized spacial score (nSPS) is 42.0. The predicted molar refractivity (Wildman–Crippen MR) is 32.3 cm³/mol. The molecule has 1 heterocycles. The summed E-state index contributed by atoms with van der Waals surface area (Å²) in [5.41, 5.74) is 0. The molecule has 1 aliphatic heterocycles. The first kappa shape index (κ1) is 5.45. The second-order valence-electron chi connectivity index (χ2n) is 2.13. The van der Waals surface area contributed by atoms with Gasteiger partial charge in [0.15, 0.2) is 0 Å². The molecule has 0 aromatic rings. The van der Waals surface area contributed by atoms with E-state index in [1.807, 2.05) is 6.92 Å². The fraction of sp³-hybridized carbons (Fsp3) is 1.00. The summed E-state index contributed by atoms with van der Waals surface area (Å²) in [6.45, 7) is 1.88. The largest absolute Gasteiger partial charge is 0.380 e. The van der Waals surface area contributed by atoms with Gasteiger partial charge in [0.25, 0.3) is 0 Å². The monoisotopic (exact) mass is 118 g/mol. The van der Waals surface area contributed by atoms with Crippen LogP contribution >= 0.6 is 11.8 Å². The third kappa shape index (κ3) is 1.35. The average Bonchev–Trinajstić information content (AvgIpc) is 1.84. The highest BCUT2D eigenvalue weighted by atomic mass is 32.2. The Kier molecular flexibility index (Phi) is 1.30. The van der Waals surface area contributed by atoms with E-state index in [2.05, 4.69) is 0 Å². The third-order valence-electron chi connectivity index (χ3n) is 1.20. The van der Waals surface area contributed by atoms with E-state index in [0.717, 1.165) is 12.2 Å². The number of hydrogen-bond acceptors (Lipinski definition) is 2. The Morgan fingerprint density at radius 1 is 1.71 bits per heavy atom. The minimum atomic E-state index is -0.389. The van der Waals surface area contributed by atoms with E-state index in [9.17, 15) is 0 Å². The van der Waals surface area contributed by atoms with Gasteiger partial charge in [-0.1, -0.05) is 0 Å². The van der Waals surface area contributed by atoms with Crippen LogP contribution in [0.25, 0.3) is 0 Å². The predicted octanol–water partition coefficient (Wildman–Crippen LogP) is 1.22. The molecule has 0 bridgehead atoms. The molecule has 0 spiro atoms. The second-order valence-corrected chi connectivity index (χ2v) is 3.70. The first-order valence-corrected chi connectivity index (χ1v) is 3.56. The van der Waals surface area contributed by atoms with Crippen molar-refractivity contribution in [3.8, 4) is 0 Å². The maximum absolute atomic E-state index is 9.16. The lowest BCUT2D eigenvalue weighted by Crippen LogP contribution is -2.12. The summed E-state index contributed by atoms with van der Waals surface area (Å²) in [7, 11) is 0. The SMILES string of the molecule is CC1(O)CCCS1. The van der Waals surface area contributed by atoms with Crippen molar-refractivity contribution < 1.29 is 5.11 Å². The molecule has 1 nitrogen and oxygen atoms in total. The molecule has 0 amide bonds. The second kappa shape index (κ2) is 1.67. The molecule has 1 N–H and O–H groups in total. The minimum Gasteiger partial charge on any atom is -0.380 e. The molecule has 1 fully saturated rings. The van der Waals surface area contributed by atoms with E-state index in [0.29, 0.717) is 0 Å². The number of thioether (sulfide) groups is 1. The summed E-state index contributed by atoms with van der Waals surface area (Å²) in [6, 6.07) is 0. The Morgan fingerprint density at radius 3 is 2.57 bits per heavy atom. The van der Waals surface area contributed by atoms with Crippen molar-refractivity contribution in [2.45, 2.75) is 24.7 Å². The Balaban J connectivity index is 2.40. The smallest absolute Gasteiger partial charge is 0.107 e.